The molecule has 2 aromatic heterocycles. The van der Waals surface area contributed by atoms with Crippen LogP contribution in [0.4, 0.5) is 102 Å². The molecule has 0 atom stereocenters. The largest absolute Gasteiger partial charge is 0.468 e. The molecule has 0 spiro atoms. The molecule has 0 unspecified atom stereocenters. The SMILES string of the molecule is CC(C)(C)c1ccc(N2c3cc4sc(C(C)(C)C)cc4cc3B3c4cc5c(cc4Oc4cc(C(C)(C)C)cc2c43)-c2ccc(N(c3ccccc3)c3ccc(-c4ccc(N6c7cc8c(cc7B7c9oc%10ccccc%10c9N(c9ccccc9)c9cccc6c97)B6c7ccccc7N(c7ccccc7)c7cccc(c76)N8c6ccccc6)cc4)cc3)cc2C5(C)C)cc1. The minimum absolute atomic E-state index is 0.00285. The molecule has 25 rings (SSSR count). The Morgan fingerprint density at radius 1 is 0.315 bits per heavy atom. The third-order valence-electron chi connectivity index (χ3n) is 28.2. The Balaban J connectivity index is 0.600. The average molecular weight is 1650 g/mol. The highest BCUT2D eigenvalue weighted by Gasteiger charge is 2.52. The number of hydrogen-bond donors (Lipinski definition) is 0. The van der Waals surface area contributed by atoms with E-state index in [9.17, 15) is 0 Å². The van der Waals surface area contributed by atoms with Gasteiger partial charge in [-0.2, -0.15) is 0 Å². The number of benzene rings is 16. The van der Waals surface area contributed by atoms with Gasteiger partial charge in [-0.05, 0) is 286 Å². The lowest BCUT2D eigenvalue weighted by Crippen LogP contribution is -2.65. The molecule has 608 valence electrons. The summed E-state index contributed by atoms with van der Waals surface area (Å²) in [5, 5.41) is 2.37. The zero-order valence-electron chi connectivity index (χ0n) is 73.1. The molecule has 0 bridgehead atoms. The fourth-order valence-electron chi connectivity index (χ4n) is 22.0. The zero-order valence-corrected chi connectivity index (χ0v) is 73.9. The normalized spacial score (nSPS) is 14.4. The maximum Gasteiger partial charge on any atom is 0.297 e. The summed E-state index contributed by atoms with van der Waals surface area (Å²) in [7, 11) is 0. The first kappa shape index (κ1) is 75.4. The van der Waals surface area contributed by atoms with Crippen LogP contribution < -0.4 is 83.5 Å². The van der Waals surface area contributed by atoms with Crippen molar-refractivity contribution in [3.8, 4) is 33.8 Å². The van der Waals surface area contributed by atoms with Crippen LogP contribution in [-0.4, -0.2) is 20.1 Å². The smallest absolute Gasteiger partial charge is 0.297 e. The molecule has 0 saturated heterocycles. The second-order valence-electron chi connectivity index (χ2n) is 39.2. The second-order valence-corrected chi connectivity index (χ2v) is 40.2. The van der Waals surface area contributed by atoms with E-state index in [1.807, 2.05) is 11.3 Å². The minimum atomic E-state index is -0.379. The summed E-state index contributed by atoms with van der Waals surface area (Å²) in [6.07, 6.45) is 0. The van der Waals surface area contributed by atoms with Gasteiger partial charge in [0.05, 0.1) is 11.3 Å². The van der Waals surface area contributed by atoms with Crippen LogP contribution in [-0.2, 0) is 21.7 Å². The summed E-state index contributed by atoms with van der Waals surface area (Å²) in [5.74, 6) is 1.85. The van der Waals surface area contributed by atoms with Gasteiger partial charge in [-0.25, -0.2) is 0 Å². The van der Waals surface area contributed by atoms with Crippen molar-refractivity contribution in [3.05, 3.63) is 379 Å². The van der Waals surface area contributed by atoms with Crippen molar-refractivity contribution in [2.24, 2.45) is 0 Å². The molecule has 0 radical (unpaired) electrons. The Bertz CT molecular complexity index is 7620. The zero-order chi connectivity index (χ0) is 85.6. The Morgan fingerprint density at radius 2 is 0.803 bits per heavy atom. The molecule has 0 saturated carbocycles. The highest BCUT2D eigenvalue weighted by molar-refractivity contribution is 7.19. The Hall–Kier alpha value is -14.2. The van der Waals surface area contributed by atoms with Crippen molar-refractivity contribution >= 4 is 204 Å². The molecule has 0 fully saturated rings. The third kappa shape index (κ3) is 11.3. The van der Waals surface area contributed by atoms with E-state index in [1.54, 1.807) is 0 Å². The first-order chi connectivity index (χ1) is 61.6. The van der Waals surface area contributed by atoms with Gasteiger partial charge in [0, 0.05) is 117 Å². The standard InChI is InChI=1S/C115H91B3N6O2S/c1-112(2,3)73-50-56-81(57-51-73)123-100-69-105-72(61-106(127-105)114(7,8)9)60-89(100)117-92-66-87-85(65-103(92)125-104-63-74(113(4,5)6)62-101(123)109(104)117)83-59-58-82(64-86(83)115(87,10)11)119(75-30-16-12-17-31-75)79-52-46-70(47-53-79)71-48-54-80(55-49-71)122-96-43-29-44-97-108(96)118(111-110(84-38-24-27-45-102(84)126-111)124(97)78-36-22-15-23-37-78)91-67-90-98(68-99(91)122)121(77-34-20-14-21-35-77)95-42-28-41-94-107(95)116(90)88-39-25-26-40-93(88)120(94)76-32-18-13-19-33-76/h12-69H,1-11H3. The highest BCUT2D eigenvalue weighted by Crippen LogP contribution is 2.56. The molecule has 12 heteroatoms. The number of hydrogen-bond acceptors (Lipinski definition) is 9. The van der Waals surface area contributed by atoms with E-state index in [0.717, 1.165) is 119 Å². The van der Waals surface area contributed by atoms with E-state index in [0.29, 0.717) is 0 Å². The van der Waals surface area contributed by atoms with Gasteiger partial charge >= 0.3 is 0 Å². The van der Waals surface area contributed by atoms with Crippen molar-refractivity contribution in [2.75, 3.05) is 29.4 Å². The summed E-state index contributed by atoms with van der Waals surface area (Å²) < 4.78 is 16.3. The van der Waals surface area contributed by atoms with Crippen LogP contribution in [0.3, 0.4) is 0 Å². The van der Waals surface area contributed by atoms with Gasteiger partial charge in [0.25, 0.3) is 20.1 Å². The topological polar surface area (TPSA) is 41.8 Å². The first-order valence-corrected chi connectivity index (χ1v) is 45.6. The predicted octanol–water partition coefficient (Wildman–Crippen LogP) is 25.6. The van der Waals surface area contributed by atoms with Crippen molar-refractivity contribution < 1.29 is 9.15 Å². The van der Waals surface area contributed by atoms with Crippen LogP contribution in [0.25, 0.3) is 43.3 Å². The van der Waals surface area contributed by atoms with E-state index in [4.69, 9.17) is 9.15 Å². The molecular formula is C115H91B3N6O2S. The lowest BCUT2D eigenvalue weighted by molar-refractivity contribution is 0.483. The Kier molecular flexibility index (Phi) is 16.3. The summed E-state index contributed by atoms with van der Waals surface area (Å²) >= 11 is 1.93. The summed E-state index contributed by atoms with van der Waals surface area (Å²) in [5.41, 5.74) is 41.2. The van der Waals surface area contributed by atoms with E-state index < -0.39 is 0 Å². The number of para-hydroxylation sites is 6. The molecule has 127 heavy (non-hydrogen) atoms. The number of nitrogens with zero attached hydrogens (tertiary/aromatic N) is 6. The maximum atomic E-state index is 7.52. The van der Waals surface area contributed by atoms with Crippen molar-refractivity contribution in [3.63, 3.8) is 0 Å². The van der Waals surface area contributed by atoms with E-state index in [-0.39, 0.29) is 41.8 Å². The number of furan rings is 1. The lowest BCUT2D eigenvalue weighted by atomic mass is 9.31. The second kappa shape index (κ2) is 27.4. The van der Waals surface area contributed by atoms with Crippen LogP contribution in [0.15, 0.2) is 356 Å². The fraction of sp³-hybridized carbons (Fsp3) is 0.130. The van der Waals surface area contributed by atoms with Gasteiger partial charge in [-0.3, -0.25) is 0 Å². The summed E-state index contributed by atoms with van der Waals surface area (Å²) in [6.45, 7) is 25.3. The molecule has 1 aliphatic carbocycles. The van der Waals surface area contributed by atoms with Crippen LogP contribution >= 0.6 is 11.3 Å². The molecule has 8 heterocycles. The van der Waals surface area contributed by atoms with Crippen molar-refractivity contribution in [1.29, 1.82) is 0 Å². The minimum Gasteiger partial charge on any atom is -0.468 e. The highest BCUT2D eigenvalue weighted by atomic mass is 32.1. The first-order valence-electron chi connectivity index (χ1n) is 44.8. The quantitative estimate of drug-likeness (QED) is 0.132. The third-order valence-corrected chi connectivity index (χ3v) is 29.7. The lowest BCUT2D eigenvalue weighted by Gasteiger charge is -2.46. The van der Waals surface area contributed by atoms with Gasteiger partial charge in [0.2, 0.25) is 0 Å². The Labute approximate surface area is 748 Å². The fourth-order valence-corrected chi connectivity index (χ4v) is 23.2. The van der Waals surface area contributed by atoms with Crippen LogP contribution in [0.2, 0.25) is 0 Å². The number of fused-ring (bicyclic) bond motifs is 18. The van der Waals surface area contributed by atoms with E-state index in [1.165, 1.54) is 115 Å². The van der Waals surface area contributed by atoms with Gasteiger partial charge in [0.1, 0.15) is 17.1 Å². The number of ether oxygens (including phenoxy) is 1. The molecule has 7 aliphatic rings. The molecule has 8 nitrogen and oxygen atoms in total. The van der Waals surface area contributed by atoms with Crippen molar-refractivity contribution in [1.82, 2.24) is 0 Å². The molecule has 18 aromatic rings. The van der Waals surface area contributed by atoms with Gasteiger partial charge in [0.15, 0.2) is 0 Å². The molecule has 16 aromatic carbocycles. The molecule has 6 aliphatic heterocycles. The summed E-state index contributed by atoms with van der Waals surface area (Å²) in [6, 6.07) is 133. The van der Waals surface area contributed by atoms with Crippen LogP contribution in [0.1, 0.15) is 103 Å². The Morgan fingerprint density at radius 3 is 1.44 bits per heavy atom. The van der Waals surface area contributed by atoms with E-state index >= 15 is 0 Å². The van der Waals surface area contributed by atoms with Gasteiger partial charge in [-0.15, -0.1) is 11.3 Å². The average Bonchev–Trinajstić information content (AvgIpc) is 1.48. The maximum absolute atomic E-state index is 7.52. The van der Waals surface area contributed by atoms with Gasteiger partial charge < -0.3 is 38.6 Å². The predicted molar refractivity (Wildman–Crippen MR) is 539 cm³/mol. The number of rotatable bonds is 9. The van der Waals surface area contributed by atoms with Crippen LogP contribution in [0.5, 0.6) is 11.5 Å². The molecule has 0 amide bonds. The van der Waals surface area contributed by atoms with Crippen molar-refractivity contribution in [2.45, 2.75) is 97.8 Å². The molecule has 0 N–H and O–H groups in total. The molecular weight excluding hydrogens is 1560 g/mol. The number of anilines is 18. The van der Waals surface area contributed by atoms with Gasteiger partial charge in [-0.1, -0.05) is 252 Å². The van der Waals surface area contributed by atoms with E-state index in [2.05, 4.69) is 457 Å². The monoisotopic (exact) mass is 1650 g/mol. The van der Waals surface area contributed by atoms with Crippen LogP contribution in [0, 0.1) is 0 Å². The number of thiophene rings is 1. The summed E-state index contributed by atoms with van der Waals surface area (Å²) in [4.78, 5) is 16.4.